The summed E-state index contributed by atoms with van der Waals surface area (Å²) in [6, 6.07) is 2.32. The quantitative estimate of drug-likeness (QED) is 0.627. The largest absolute Gasteiger partial charge is 0.469 e. The standard InChI is InChI=1S/C11H13NO2/c13-11-3-1-2-9-8-5-7-14-10(8)4-6-12(9)11/h5,7,9H,1-4,6H2. The Morgan fingerprint density at radius 3 is 3.29 bits per heavy atom. The fraction of sp³-hybridized carbons (Fsp3) is 0.545. The summed E-state index contributed by atoms with van der Waals surface area (Å²) in [6.45, 7) is 0.837. The monoisotopic (exact) mass is 191 g/mol. The second-order valence-corrected chi connectivity index (χ2v) is 4.04. The molecule has 1 saturated heterocycles. The minimum Gasteiger partial charge on any atom is -0.469 e. The van der Waals surface area contributed by atoms with Gasteiger partial charge in [0.1, 0.15) is 5.76 Å². The van der Waals surface area contributed by atoms with Crippen molar-refractivity contribution in [1.82, 2.24) is 4.90 Å². The molecule has 2 aliphatic heterocycles. The first-order chi connectivity index (χ1) is 6.86. The normalized spacial score (nSPS) is 25.9. The maximum Gasteiger partial charge on any atom is 0.223 e. The van der Waals surface area contributed by atoms with Gasteiger partial charge < -0.3 is 9.32 Å². The average molecular weight is 191 g/mol. The van der Waals surface area contributed by atoms with Gasteiger partial charge in [0, 0.05) is 24.9 Å². The van der Waals surface area contributed by atoms with Crippen molar-refractivity contribution in [2.75, 3.05) is 6.54 Å². The number of furan rings is 1. The van der Waals surface area contributed by atoms with E-state index in [0.29, 0.717) is 11.9 Å². The predicted octanol–water partition coefficient (Wildman–Crippen LogP) is 1.89. The van der Waals surface area contributed by atoms with Gasteiger partial charge in [-0.1, -0.05) is 0 Å². The van der Waals surface area contributed by atoms with E-state index in [4.69, 9.17) is 4.42 Å². The van der Waals surface area contributed by atoms with Crippen molar-refractivity contribution < 1.29 is 9.21 Å². The van der Waals surface area contributed by atoms with E-state index < -0.39 is 0 Å². The molecule has 1 aromatic rings. The smallest absolute Gasteiger partial charge is 0.223 e. The van der Waals surface area contributed by atoms with E-state index in [1.807, 2.05) is 11.0 Å². The van der Waals surface area contributed by atoms with E-state index in [2.05, 4.69) is 0 Å². The number of amides is 1. The van der Waals surface area contributed by atoms with Gasteiger partial charge in [-0.2, -0.15) is 0 Å². The van der Waals surface area contributed by atoms with Crippen molar-refractivity contribution in [3.63, 3.8) is 0 Å². The molecule has 1 aromatic heterocycles. The molecule has 3 heteroatoms. The lowest BCUT2D eigenvalue weighted by atomic mass is 9.91. The van der Waals surface area contributed by atoms with E-state index in [-0.39, 0.29) is 0 Å². The molecule has 74 valence electrons. The lowest BCUT2D eigenvalue weighted by molar-refractivity contribution is -0.137. The Hall–Kier alpha value is -1.25. The van der Waals surface area contributed by atoms with Crippen LogP contribution in [0.2, 0.25) is 0 Å². The number of carbonyl (C=O) groups excluding carboxylic acids is 1. The number of piperidine rings is 1. The number of carbonyl (C=O) groups is 1. The zero-order valence-electron chi connectivity index (χ0n) is 8.03. The Kier molecular flexibility index (Phi) is 1.66. The van der Waals surface area contributed by atoms with Gasteiger partial charge in [-0.25, -0.2) is 0 Å². The third-order valence-corrected chi connectivity index (χ3v) is 3.28. The lowest BCUT2D eigenvalue weighted by Gasteiger charge is -2.38. The van der Waals surface area contributed by atoms with Gasteiger partial charge in [-0.3, -0.25) is 4.79 Å². The molecular formula is C11H13NO2. The zero-order chi connectivity index (χ0) is 9.54. The fourth-order valence-corrected chi connectivity index (χ4v) is 2.60. The van der Waals surface area contributed by atoms with E-state index in [1.54, 1.807) is 6.26 Å². The van der Waals surface area contributed by atoms with Crippen molar-refractivity contribution in [2.24, 2.45) is 0 Å². The highest BCUT2D eigenvalue weighted by Crippen LogP contribution is 2.37. The summed E-state index contributed by atoms with van der Waals surface area (Å²) >= 11 is 0. The zero-order valence-corrected chi connectivity index (χ0v) is 8.03. The van der Waals surface area contributed by atoms with Gasteiger partial charge in [0.15, 0.2) is 0 Å². The van der Waals surface area contributed by atoms with Crippen LogP contribution in [0.4, 0.5) is 0 Å². The maximum absolute atomic E-state index is 11.7. The van der Waals surface area contributed by atoms with E-state index in [0.717, 1.165) is 38.0 Å². The molecule has 2 aliphatic rings. The summed E-state index contributed by atoms with van der Waals surface area (Å²) in [5.74, 6) is 1.40. The molecule has 1 amide bonds. The first-order valence-electron chi connectivity index (χ1n) is 5.22. The van der Waals surface area contributed by atoms with Crippen molar-refractivity contribution >= 4 is 5.91 Å². The van der Waals surface area contributed by atoms with Crippen LogP contribution in [0.15, 0.2) is 16.7 Å². The molecule has 0 N–H and O–H groups in total. The van der Waals surface area contributed by atoms with Crippen molar-refractivity contribution in [2.45, 2.75) is 31.7 Å². The summed E-state index contributed by atoms with van der Waals surface area (Å²) < 4.78 is 5.40. The van der Waals surface area contributed by atoms with E-state index in [1.165, 1.54) is 5.56 Å². The van der Waals surface area contributed by atoms with E-state index in [9.17, 15) is 4.79 Å². The van der Waals surface area contributed by atoms with Crippen LogP contribution in [-0.2, 0) is 11.2 Å². The van der Waals surface area contributed by atoms with Crippen LogP contribution in [0.25, 0.3) is 0 Å². The van der Waals surface area contributed by atoms with E-state index >= 15 is 0 Å². The molecule has 0 aromatic carbocycles. The van der Waals surface area contributed by atoms with Gasteiger partial charge >= 0.3 is 0 Å². The highest BCUT2D eigenvalue weighted by molar-refractivity contribution is 5.77. The topological polar surface area (TPSA) is 33.5 Å². The molecule has 1 fully saturated rings. The van der Waals surface area contributed by atoms with Crippen LogP contribution >= 0.6 is 0 Å². The molecule has 0 spiro atoms. The molecule has 0 bridgehead atoms. The second kappa shape index (κ2) is 2.87. The summed E-state index contributed by atoms with van der Waals surface area (Å²) in [4.78, 5) is 13.7. The van der Waals surface area contributed by atoms with Gasteiger partial charge in [-0.05, 0) is 18.9 Å². The molecular weight excluding hydrogens is 178 g/mol. The van der Waals surface area contributed by atoms with Gasteiger partial charge in [-0.15, -0.1) is 0 Å². The molecule has 3 heterocycles. The molecule has 14 heavy (non-hydrogen) atoms. The maximum atomic E-state index is 11.7. The number of hydrogen-bond donors (Lipinski definition) is 0. The Morgan fingerprint density at radius 1 is 1.43 bits per heavy atom. The summed E-state index contributed by atoms with van der Waals surface area (Å²) in [5, 5.41) is 0. The minimum absolute atomic E-state index is 0.304. The lowest BCUT2D eigenvalue weighted by Crippen LogP contribution is -2.42. The number of nitrogens with zero attached hydrogens (tertiary/aromatic N) is 1. The molecule has 0 radical (unpaired) electrons. The Morgan fingerprint density at radius 2 is 2.36 bits per heavy atom. The number of hydrogen-bond acceptors (Lipinski definition) is 2. The molecule has 1 atom stereocenters. The van der Waals surface area contributed by atoms with Crippen LogP contribution in [0, 0.1) is 0 Å². The predicted molar refractivity (Wildman–Crippen MR) is 50.7 cm³/mol. The average Bonchev–Trinajstić information content (AvgIpc) is 2.66. The summed E-state index contributed by atoms with van der Waals surface area (Å²) in [6.07, 6.45) is 5.46. The van der Waals surface area contributed by atoms with Gasteiger partial charge in [0.05, 0.1) is 12.3 Å². The molecule has 1 unspecified atom stereocenters. The van der Waals surface area contributed by atoms with Crippen LogP contribution in [0.1, 0.15) is 36.6 Å². The summed E-state index contributed by atoms with van der Waals surface area (Å²) in [7, 11) is 0. The Balaban J connectivity index is 2.00. The SMILES string of the molecule is O=C1CCCC2c3ccoc3CCN12. The van der Waals surface area contributed by atoms with Crippen LogP contribution in [-0.4, -0.2) is 17.4 Å². The van der Waals surface area contributed by atoms with Crippen molar-refractivity contribution in [3.8, 4) is 0 Å². The van der Waals surface area contributed by atoms with Crippen LogP contribution < -0.4 is 0 Å². The Bertz CT molecular complexity index is 369. The molecule has 0 aliphatic carbocycles. The summed E-state index contributed by atoms with van der Waals surface area (Å²) in [5.41, 5.74) is 1.24. The highest BCUT2D eigenvalue weighted by atomic mass is 16.3. The van der Waals surface area contributed by atoms with Gasteiger partial charge in [0.2, 0.25) is 5.91 Å². The first-order valence-corrected chi connectivity index (χ1v) is 5.22. The third-order valence-electron chi connectivity index (χ3n) is 3.28. The van der Waals surface area contributed by atoms with Crippen LogP contribution in [0.3, 0.4) is 0 Å². The van der Waals surface area contributed by atoms with Crippen molar-refractivity contribution in [3.05, 3.63) is 23.7 Å². The Labute approximate surface area is 82.7 Å². The fourth-order valence-electron chi connectivity index (χ4n) is 2.60. The van der Waals surface area contributed by atoms with Gasteiger partial charge in [0.25, 0.3) is 0 Å². The third kappa shape index (κ3) is 1.01. The molecule has 0 saturated carbocycles. The highest BCUT2D eigenvalue weighted by Gasteiger charge is 2.34. The minimum atomic E-state index is 0.304. The molecule has 3 nitrogen and oxygen atoms in total. The molecule has 3 rings (SSSR count). The number of rotatable bonds is 0. The number of fused-ring (bicyclic) bond motifs is 3. The second-order valence-electron chi connectivity index (χ2n) is 4.04. The van der Waals surface area contributed by atoms with Crippen molar-refractivity contribution in [1.29, 1.82) is 0 Å². The van der Waals surface area contributed by atoms with Crippen LogP contribution in [0.5, 0.6) is 0 Å². The first kappa shape index (κ1) is 8.09.